The zero-order valence-corrected chi connectivity index (χ0v) is 20.7. The van der Waals surface area contributed by atoms with Crippen LogP contribution in [0.15, 0.2) is 81.7 Å². The highest BCUT2D eigenvalue weighted by Crippen LogP contribution is 2.48. The highest BCUT2D eigenvalue weighted by Gasteiger charge is 2.28. The van der Waals surface area contributed by atoms with E-state index in [9.17, 15) is 4.79 Å². The monoisotopic (exact) mass is 512 g/mol. The smallest absolute Gasteiger partial charge is 0.242 e. The number of rotatable bonds is 5. The number of carbonyl (C=O) groups excluding carboxylic acids is 1. The number of hydrogen-bond donors (Lipinski definition) is 0. The van der Waals surface area contributed by atoms with Gasteiger partial charge in [0.25, 0.3) is 0 Å². The zero-order chi connectivity index (χ0) is 22.9. The van der Waals surface area contributed by atoms with E-state index >= 15 is 0 Å². The van der Waals surface area contributed by atoms with Crippen LogP contribution in [0.5, 0.6) is 0 Å². The molecule has 0 bridgehead atoms. The van der Waals surface area contributed by atoms with Crippen molar-refractivity contribution in [2.45, 2.75) is 28.4 Å². The minimum atomic E-state index is -0.0167. The zero-order valence-electron chi connectivity index (χ0n) is 17.5. The molecule has 5 rings (SSSR count). The first-order valence-corrected chi connectivity index (χ1v) is 12.8. The van der Waals surface area contributed by atoms with Crippen molar-refractivity contribution in [2.75, 3.05) is 10.7 Å². The maximum atomic E-state index is 13.5. The van der Waals surface area contributed by atoms with E-state index < -0.39 is 0 Å². The Labute approximate surface area is 210 Å². The lowest BCUT2D eigenvalue weighted by Gasteiger charge is -2.30. The summed E-state index contributed by atoms with van der Waals surface area (Å²) >= 11 is 15.5. The molecule has 9 heteroatoms. The molecule has 2 heterocycles. The van der Waals surface area contributed by atoms with Gasteiger partial charge in [-0.1, -0.05) is 71.0 Å². The summed E-state index contributed by atoms with van der Waals surface area (Å²) < 4.78 is 1.96. The lowest BCUT2D eigenvalue weighted by Crippen LogP contribution is -2.30. The number of fused-ring (bicyclic) bond motifs is 2. The highest BCUT2D eigenvalue weighted by molar-refractivity contribution is 8.00. The van der Waals surface area contributed by atoms with Crippen LogP contribution >= 0.6 is 46.7 Å². The summed E-state index contributed by atoms with van der Waals surface area (Å²) in [6.07, 6.45) is 0. The second-order valence-electron chi connectivity index (χ2n) is 7.23. The van der Waals surface area contributed by atoms with E-state index in [1.807, 2.05) is 66.1 Å². The van der Waals surface area contributed by atoms with E-state index in [1.54, 1.807) is 28.8 Å². The van der Waals surface area contributed by atoms with Crippen molar-refractivity contribution in [2.24, 2.45) is 0 Å². The minimum absolute atomic E-state index is 0.0167. The molecule has 0 unspecified atom stereocenters. The van der Waals surface area contributed by atoms with Gasteiger partial charge in [-0.15, -0.1) is 10.2 Å². The van der Waals surface area contributed by atoms with Crippen LogP contribution in [0, 0.1) is 0 Å². The van der Waals surface area contributed by atoms with E-state index in [0.717, 1.165) is 26.7 Å². The molecular formula is C24H18Cl2N4OS2. The molecule has 0 spiro atoms. The second-order valence-corrected chi connectivity index (χ2v) is 10.1. The lowest BCUT2D eigenvalue weighted by atomic mass is 10.2. The fraction of sp³-hybridized carbons (Fsp3) is 0.125. The van der Waals surface area contributed by atoms with Gasteiger partial charge in [0.05, 0.1) is 22.2 Å². The van der Waals surface area contributed by atoms with Gasteiger partial charge in [-0.2, -0.15) is 0 Å². The molecule has 1 amide bonds. The SMILES string of the molecule is CCn1c(SCC(=O)N2c3ccccc3Sc3ccccc32)nnc1-c1ccc(Cl)cc1Cl. The van der Waals surface area contributed by atoms with Gasteiger partial charge in [0, 0.05) is 26.9 Å². The number of nitrogens with zero attached hydrogens (tertiary/aromatic N) is 4. The number of thioether (sulfide) groups is 1. The molecule has 0 atom stereocenters. The summed E-state index contributed by atoms with van der Waals surface area (Å²) in [4.78, 5) is 17.4. The van der Waals surface area contributed by atoms with E-state index in [1.165, 1.54) is 11.8 Å². The third kappa shape index (κ3) is 4.26. The molecule has 4 aromatic rings. The van der Waals surface area contributed by atoms with Gasteiger partial charge in [-0.05, 0) is 49.4 Å². The first kappa shape index (κ1) is 22.3. The van der Waals surface area contributed by atoms with E-state index in [0.29, 0.717) is 27.6 Å². The Bertz CT molecular complexity index is 1310. The molecule has 33 heavy (non-hydrogen) atoms. The second kappa shape index (κ2) is 9.43. The first-order chi connectivity index (χ1) is 16.1. The summed E-state index contributed by atoms with van der Waals surface area (Å²) in [5.41, 5.74) is 2.55. The molecule has 0 saturated carbocycles. The molecule has 0 fully saturated rings. The molecule has 1 aliphatic rings. The number of para-hydroxylation sites is 2. The van der Waals surface area contributed by atoms with Gasteiger partial charge in [-0.25, -0.2) is 0 Å². The van der Waals surface area contributed by atoms with Crippen molar-refractivity contribution in [3.8, 4) is 11.4 Å². The Morgan fingerprint density at radius 3 is 2.27 bits per heavy atom. The maximum Gasteiger partial charge on any atom is 0.242 e. The summed E-state index contributed by atoms with van der Waals surface area (Å²) in [5, 5.41) is 10.4. The molecule has 1 aromatic heterocycles. The van der Waals surface area contributed by atoms with Crippen LogP contribution < -0.4 is 4.90 Å². The largest absolute Gasteiger partial charge is 0.302 e. The van der Waals surface area contributed by atoms with Crippen LogP contribution in [0.1, 0.15) is 6.92 Å². The van der Waals surface area contributed by atoms with Gasteiger partial charge >= 0.3 is 0 Å². The number of anilines is 2. The predicted molar refractivity (Wildman–Crippen MR) is 136 cm³/mol. The normalized spacial score (nSPS) is 12.4. The first-order valence-electron chi connectivity index (χ1n) is 10.3. The van der Waals surface area contributed by atoms with Gasteiger partial charge in [0.2, 0.25) is 5.91 Å². The summed E-state index contributed by atoms with van der Waals surface area (Å²) in [5.74, 6) is 0.857. The molecule has 3 aromatic carbocycles. The van der Waals surface area contributed by atoms with E-state index in [4.69, 9.17) is 23.2 Å². The molecule has 5 nitrogen and oxygen atoms in total. The van der Waals surface area contributed by atoms with Gasteiger partial charge in [0.15, 0.2) is 11.0 Å². The van der Waals surface area contributed by atoms with Crippen LogP contribution in [-0.2, 0) is 11.3 Å². The van der Waals surface area contributed by atoms with Gasteiger partial charge < -0.3 is 4.57 Å². The third-order valence-corrected chi connectivity index (χ3v) is 7.84. The predicted octanol–water partition coefficient (Wildman–Crippen LogP) is 7.19. The summed E-state index contributed by atoms with van der Waals surface area (Å²) in [6, 6.07) is 21.2. The lowest BCUT2D eigenvalue weighted by molar-refractivity contribution is -0.115. The van der Waals surface area contributed by atoms with Crippen LogP contribution in [-0.4, -0.2) is 26.4 Å². The number of amides is 1. The van der Waals surface area contributed by atoms with Crippen LogP contribution in [0.25, 0.3) is 11.4 Å². The van der Waals surface area contributed by atoms with E-state index in [2.05, 4.69) is 10.2 Å². The molecule has 0 aliphatic carbocycles. The fourth-order valence-corrected chi connectivity index (χ4v) is 6.12. The van der Waals surface area contributed by atoms with Crippen LogP contribution in [0.4, 0.5) is 11.4 Å². The maximum absolute atomic E-state index is 13.5. The van der Waals surface area contributed by atoms with Gasteiger partial charge in [-0.3, -0.25) is 9.69 Å². The topological polar surface area (TPSA) is 51.0 Å². The number of carbonyl (C=O) groups is 1. The van der Waals surface area contributed by atoms with Crippen LogP contribution in [0.3, 0.4) is 0 Å². The Morgan fingerprint density at radius 1 is 0.970 bits per heavy atom. The van der Waals surface area contributed by atoms with Crippen molar-refractivity contribution < 1.29 is 4.79 Å². The molecule has 1 aliphatic heterocycles. The molecule has 0 saturated heterocycles. The number of halogens is 2. The number of hydrogen-bond acceptors (Lipinski definition) is 5. The van der Waals surface area contributed by atoms with Crippen LogP contribution in [0.2, 0.25) is 10.0 Å². The standard InChI is InChI=1S/C24H18Cl2N4OS2/c1-2-29-23(16-12-11-15(25)13-17(16)26)27-28-24(29)32-14-22(31)30-18-7-3-5-9-20(18)33-21-10-6-4-8-19(21)30/h3-13H,2,14H2,1H3. The van der Waals surface area contributed by atoms with Crippen molar-refractivity contribution in [3.63, 3.8) is 0 Å². The van der Waals surface area contributed by atoms with Crippen molar-refractivity contribution in [1.82, 2.24) is 14.8 Å². The quantitative estimate of drug-likeness (QED) is 0.264. The average Bonchev–Trinajstić information content (AvgIpc) is 3.23. The van der Waals surface area contributed by atoms with Crippen molar-refractivity contribution in [1.29, 1.82) is 0 Å². The summed E-state index contributed by atoms with van der Waals surface area (Å²) in [6.45, 7) is 2.65. The summed E-state index contributed by atoms with van der Waals surface area (Å²) in [7, 11) is 0. The molecule has 0 N–H and O–H groups in total. The Kier molecular flexibility index (Phi) is 6.38. The molecule has 166 valence electrons. The Hall–Kier alpha value is -2.45. The Morgan fingerprint density at radius 2 is 1.64 bits per heavy atom. The van der Waals surface area contributed by atoms with Crippen molar-refractivity contribution in [3.05, 3.63) is 76.8 Å². The highest BCUT2D eigenvalue weighted by atomic mass is 35.5. The Balaban J connectivity index is 1.42. The molecular weight excluding hydrogens is 495 g/mol. The van der Waals surface area contributed by atoms with Gasteiger partial charge in [0.1, 0.15) is 0 Å². The number of aromatic nitrogens is 3. The average molecular weight is 513 g/mol. The number of benzene rings is 3. The third-order valence-electron chi connectivity index (χ3n) is 5.21. The fourth-order valence-electron chi connectivity index (χ4n) is 3.71. The van der Waals surface area contributed by atoms with E-state index in [-0.39, 0.29) is 11.7 Å². The molecule has 0 radical (unpaired) electrons. The minimum Gasteiger partial charge on any atom is -0.302 e. The van der Waals surface area contributed by atoms with Crippen molar-refractivity contribution >= 4 is 64.0 Å².